The Morgan fingerprint density at radius 2 is 1.89 bits per heavy atom. The van der Waals surface area contributed by atoms with Crippen molar-refractivity contribution >= 4 is 29.9 Å². The molecule has 0 unspecified atom stereocenters. The van der Waals surface area contributed by atoms with Gasteiger partial charge in [-0.25, -0.2) is 4.99 Å². The number of aryl methyl sites for hydroxylation is 1. The van der Waals surface area contributed by atoms with Crippen molar-refractivity contribution < 1.29 is 0 Å². The number of nitrogens with two attached hydrogens (primary N) is 1. The van der Waals surface area contributed by atoms with Crippen LogP contribution in [0.4, 0.5) is 0 Å². The molecule has 102 valence electrons. The Morgan fingerprint density at radius 3 is 2.50 bits per heavy atom. The summed E-state index contributed by atoms with van der Waals surface area (Å²) in [5, 5.41) is 3.12. The van der Waals surface area contributed by atoms with Crippen molar-refractivity contribution in [1.29, 1.82) is 0 Å². The van der Waals surface area contributed by atoms with Crippen LogP contribution in [0.1, 0.15) is 37.8 Å². The van der Waals surface area contributed by atoms with E-state index in [1.165, 1.54) is 17.5 Å². The van der Waals surface area contributed by atoms with Crippen LogP contribution in [-0.4, -0.2) is 12.5 Å². The first-order valence-electron chi connectivity index (χ1n) is 6.38. The van der Waals surface area contributed by atoms with Crippen LogP contribution >= 0.6 is 24.0 Å². The molecule has 0 radical (unpaired) electrons. The normalized spacial score (nSPS) is 10.9. The number of nitrogens with zero attached hydrogens (tertiary/aromatic N) is 1. The maximum atomic E-state index is 5.79. The SMILES string of the molecule is CCCCNC(N)=NCc1ccccc1CC.I. The first kappa shape index (κ1) is 17.2. The minimum absolute atomic E-state index is 0. The minimum Gasteiger partial charge on any atom is -0.370 e. The van der Waals surface area contributed by atoms with E-state index < -0.39 is 0 Å². The molecular formula is C14H24IN3. The summed E-state index contributed by atoms with van der Waals surface area (Å²) in [7, 11) is 0. The number of benzene rings is 1. The molecule has 1 aromatic carbocycles. The molecule has 3 nitrogen and oxygen atoms in total. The lowest BCUT2D eigenvalue weighted by molar-refractivity contribution is 0.748. The van der Waals surface area contributed by atoms with Crippen LogP contribution in [-0.2, 0) is 13.0 Å². The van der Waals surface area contributed by atoms with E-state index in [1.807, 2.05) is 6.07 Å². The second kappa shape index (κ2) is 10.2. The van der Waals surface area contributed by atoms with Crippen molar-refractivity contribution in [2.75, 3.05) is 6.54 Å². The van der Waals surface area contributed by atoms with Crippen LogP contribution in [0.2, 0.25) is 0 Å². The maximum Gasteiger partial charge on any atom is 0.188 e. The summed E-state index contributed by atoms with van der Waals surface area (Å²) in [6.07, 6.45) is 3.33. The summed E-state index contributed by atoms with van der Waals surface area (Å²) in [4.78, 5) is 4.36. The lowest BCUT2D eigenvalue weighted by atomic mass is 10.1. The van der Waals surface area contributed by atoms with Crippen LogP contribution in [0.5, 0.6) is 0 Å². The smallest absolute Gasteiger partial charge is 0.188 e. The van der Waals surface area contributed by atoms with Crippen molar-refractivity contribution in [3.8, 4) is 0 Å². The largest absolute Gasteiger partial charge is 0.370 e. The first-order valence-corrected chi connectivity index (χ1v) is 6.38. The highest BCUT2D eigenvalue weighted by atomic mass is 127. The Morgan fingerprint density at radius 1 is 1.22 bits per heavy atom. The fraction of sp³-hybridized carbons (Fsp3) is 0.500. The maximum absolute atomic E-state index is 5.79. The van der Waals surface area contributed by atoms with Gasteiger partial charge >= 0.3 is 0 Å². The molecule has 18 heavy (non-hydrogen) atoms. The highest BCUT2D eigenvalue weighted by Gasteiger charge is 1.98. The van der Waals surface area contributed by atoms with E-state index in [0.29, 0.717) is 12.5 Å². The third-order valence-electron chi connectivity index (χ3n) is 2.76. The first-order chi connectivity index (χ1) is 8.27. The van der Waals surface area contributed by atoms with E-state index in [-0.39, 0.29) is 24.0 Å². The molecule has 0 aromatic heterocycles. The molecule has 0 bridgehead atoms. The molecule has 0 fully saturated rings. The van der Waals surface area contributed by atoms with Crippen LogP contribution < -0.4 is 11.1 Å². The van der Waals surface area contributed by atoms with Crippen LogP contribution in [0.3, 0.4) is 0 Å². The van der Waals surface area contributed by atoms with Crippen molar-refractivity contribution in [3.05, 3.63) is 35.4 Å². The zero-order chi connectivity index (χ0) is 12.5. The molecule has 0 aliphatic rings. The summed E-state index contributed by atoms with van der Waals surface area (Å²) >= 11 is 0. The van der Waals surface area contributed by atoms with E-state index >= 15 is 0 Å². The number of aliphatic imine (C=N–C) groups is 1. The van der Waals surface area contributed by atoms with Gasteiger partial charge in [0.15, 0.2) is 5.96 Å². The number of unbranched alkanes of at least 4 members (excludes halogenated alkanes) is 1. The van der Waals surface area contributed by atoms with E-state index in [4.69, 9.17) is 5.73 Å². The van der Waals surface area contributed by atoms with Crippen molar-refractivity contribution in [1.82, 2.24) is 5.32 Å². The van der Waals surface area contributed by atoms with Gasteiger partial charge in [-0.3, -0.25) is 0 Å². The van der Waals surface area contributed by atoms with Crippen molar-refractivity contribution in [2.24, 2.45) is 10.7 Å². The number of guanidine groups is 1. The lowest BCUT2D eigenvalue weighted by Crippen LogP contribution is -2.32. The number of hydrogen-bond acceptors (Lipinski definition) is 1. The number of hydrogen-bond donors (Lipinski definition) is 2. The summed E-state index contributed by atoms with van der Waals surface area (Å²) < 4.78 is 0. The highest BCUT2D eigenvalue weighted by Crippen LogP contribution is 2.10. The van der Waals surface area contributed by atoms with Crippen LogP contribution in [0.15, 0.2) is 29.3 Å². The fourth-order valence-electron chi connectivity index (χ4n) is 1.68. The summed E-state index contributed by atoms with van der Waals surface area (Å²) in [5.74, 6) is 0.546. The molecule has 1 aromatic rings. The summed E-state index contributed by atoms with van der Waals surface area (Å²) in [6.45, 7) is 5.88. The fourth-order valence-corrected chi connectivity index (χ4v) is 1.68. The van der Waals surface area contributed by atoms with Gasteiger partial charge in [0.1, 0.15) is 0 Å². The van der Waals surface area contributed by atoms with Crippen LogP contribution in [0.25, 0.3) is 0 Å². The Hall–Kier alpha value is -0.780. The number of rotatable bonds is 6. The Labute approximate surface area is 127 Å². The van der Waals surface area contributed by atoms with Crippen molar-refractivity contribution in [3.63, 3.8) is 0 Å². The molecule has 0 aliphatic carbocycles. The molecule has 0 atom stereocenters. The predicted molar refractivity (Wildman–Crippen MR) is 89.5 cm³/mol. The van der Waals surface area contributed by atoms with Gasteiger partial charge in [0.05, 0.1) is 6.54 Å². The number of halogens is 1. The molecule has 0 saturated heterocycles. The molecule has 0 aliphatic heterocycles. The molecular weight excluding hydrogens is 337 g/mol. The third-order valence-corrected chi connectivity index (χ3v) is 2.76. The Bertz CT molecular complexity index is 364. The quantitative estimate of drug-likeness (QED) is 0.354. The van der Waals surface area contributed by atoms with Crippen LogP contribution in [0, 0.1) is 0 Å². The van der Waals surface area contributed by atoms with Gasteiger partial charge in [0.25, 0.3) is 0 Å². The van der Waals surface area contributed by atoms with Crippen molar-refractivity contribution in [2.45, 2.75) is 39.7 Å². The summed E-state index contributed by atoms with van der Waals surface area (Å²) in [5.41, 5.74) is 8.40. The van der Waals surface area contributed by atoms with Gasteiger partial charge < -0.3 is 11.1 Å². The molecule has 0 spiro atoms. The highest BCUT2D eigenvalue weighted by molar-refractivity contribution is 14.0. The average molecular weight is 361 g/mol. The molecule has 1 rings (SSSR count). The topological polar surface area (TPSA) is 50.4 Å². The van der Waals surface area contributed by atoms with Gasteiger partial charge in [-0.1, -0.05) is 44.5 Å². The molecule has 3 N–H and O–H groups in total. The van der Waals surface area contributed by atoms with E-state index in [2.05, 4.69) is 42.4 Å². The van der Waals surface area contributed by atoms with E-state index in [9.17, 15) is 0 Å². The molecule has 4 heteroatoms. The molecule has 0 heterocycles. The Balaban J connectivity index is 0.00000289. The van der Waals surface area contributed by atoms with Gasteiger partial charge in [-0.2, -0.15) is 0 Å². The second-order valence-electron chi connectivity index (χ2n) is 4.10. The van der Waals surface area contributed by atoms with Gasteiger partial charge in [-0.15, -0.1) is 24.0 Å². The average Bonchev–Trinajstić information content (AvgIpc) is 2.37. The minimum atomic E-state index is 0. The predicted octanol–water partition coefficient (Wildman–Crippen LogP) is 3.07. The molecule has 0 saturated carbocycles. The monoisotopic (exact) mass is 361 g/mol. The number of nitrogens with one attached hydrogen (secondary N) is 1. The molecule has 0 amide bonds. The Kier molecular flexibility index (Phi) is 9.73. The lowest BCUT2D eigenvalue weighted by Gasteiger charge is -2.07. The second-order valence-corrected chi connectivity index (χ2v) is 4.10. The zero-order valence-corrected chi connectivity index (χ0v) is 13.6. The van der Waals surface area contributed by atoms with Gasteiger partial charge in [0, 0.05) is 6.54 Å². The van der Waals surface area contributed by atoms with E-state index in [0.717, 1.165) is 19.4 Å². The standard InChI is InChI=1S/C14H23N3.HI/c1-3-5-10-16-14(15)17-11-13-9-7-6-8-12(13)4-2;/h6-9H,3-5,10-11H2,1-2H3,(H3,15,16,17);1H. The third kappa shape index (κ3) is 6.23. The summed E-state index contributed by atoms with van der Waals surface area (Å²) in [6, 6.07) is 8.37. The van der Waals surface area contributed by atoms with E-state index in [1.54, 1.807) is 0 Å². The van der Waals surface area contributed by atoms with Gasteiger partial charge in [-0.05, 0) is 24.0 Å². The van der Waals surface area contributed by atoms with Gasteiger partial charge in [0.2, 0.25) is 0 Å². The zero-order valence-electron chi connectivity index (χ0n) is 11.3.